The van der Waals surface area contributed by atoms with Crippen molar-refractivity contribution >= 4 is 5.91 Å². The van der Waals surface area contributed by atoms with Crippen molar-refractivity contribution in [3.05, 3.63) is 35.4 Å². The molecule has 0 fully saturated rings. The first-order valence-corrected chi connectivity index (χ1v) is 5.40. The largest absolute Gasteiger partial charge is 0.397 e. The molecule has 0 radical (unpaired) electrons. The number of nitrogens with zero attached hydrogens (tertiary/aromatic N) is 1. The maximum absolute atomic E-state index is 12.0. The van der Waals surface area contributed by atoms with Gasteiger partial charge in [0, 0.05) is 20.1 Å². The molecule has 1 rings (SSSR count). The Labute approximate surface area is 103 Å². The van der Waals surface area contributed by atoms with Gasteiger partial charge in [0.2, 0.25) is 5.91 Å². The number of hydrogen-bond donors (Lipinski definition) is 1. The van der Waals surface area contributed by atoms with Crippen LogP contribution in [0, 0.1) is 0 Å². The smallest absolute Gasteiger partial charge is 0.341 e. The number of halogens is 3. The molecule has 0 saturated carbocycles. The van der Waals surface area contributed by atoms with E-state index in [1.165, 1.54) is 7.05 Å². The summed E-state index contributed by atoms with van der Waals surface area (Å²) in [6.45, 7) is 0.558. The number of carbonyl (C=O) groups excluding carboxylic acids is 1. The number of rotatable bonds is 4. The van der Waals surface area contributed by atoms with Crippen LogP contribution >= 0.6 is 0 Å². The van der Waals surface area contributed by atoms with Crippen molar-refractivity contribution < 1.29 is 18.0 Å². The van der Waals surface area contributed by atoms with Gasteiger partial charge in [-0.15, -0.1) is 0 Å². The zero-order valence-corrected chi connectivity index (χ0v) is 10.00. The van der Waals surface area contributed by atoms with Crippen LogP contribution in [0.4, 0.5) is 13.2 Å². The molecule has 0 saturated heterocycles. The van der Waals surface area contributed by atoms with Gasteiger partial charge in [-0.25, -0.2) is 0 Å². The van der Waals surface area contributed by atoms with Crippen LogP contribution < -0.4 is 5.73 Å². The third-order valence-corrected chi connectivity index (χ3v) is 2.46. The van der Waals surface area contributed by atoms with Gasteiger partial charge in [0.05, 0.1) is 0 Å². The normalized spacial score (nSPS) is 11.4. The highest BCUT2D eigenvalue weighted by Crippen LogP contribution is 2.20. The summed E-state index contributed by atoms with van der Waals surface area (Å²) in [5.74, 6) is -0.939. The molecule has 0 unspecified atom stereocenters. The van der Waals surface area contributed by atoms with E-state index >= 15 is 0 Å². The molecule has 100 valence electrons. The highest BCUT2D eigenvalue weighted by molar-refractivity contribution is 5.76. The fourth-order valence-corrected chi connectivity index (χ4v) is 1.45. The van der Waals surface area contributed by atoms with Crippen molar-refractivity contribution in [2.45, 2.75) is 25.7 Å². The van der Waals surface area contributed by atoms with E-state index in [0.29, 0.717) is 6.54 Å². The molecule has 0 aliphatic rings. The Hall–Kier alpha value is -1.56. The van der Waals surface area contributed by atoms with E-state index in [1.54, 1.807) is 24.3 Å². The Morgan fingerprint density at radius 1 is 1.22 bits per heavy atom. The van der Waals surface area contributed by atoms with Gasteiger partial charge < -0.3 is 10.6 Å². The molecule has 3 nitrogen and oxygen atoms in total. The maximum Gasteiger partial charge on any atom is 0.397 e. The number of nitrogens with two attached hydrogens (primary N) is 1. The minimum absolute atomic E-state index is 0.153. The topological polar surface area (TPSA) is 46.3 Å². The Balaban J connectivity index is 2.58. The van der Waals surface area contributed by atoms with Crippen molar-refractivity contribution in [3.63, 3.8) is 0 Å². The first-order valence-electron chi connectivity index (χ1n) is 5.40. The van der Waals surface area contributed by atoms with Gasteiger partial charge in [-0.05, 0) is 11.1 Å². The third kappa shape index (κ3) is 4.75. The zero-order chi connectivity index (χ0) is 13.8. The Kier molecular flexibility index (Phi) is 4.72. The van der Waals surface area contributed by atoms with Gasteiger partial charge in [0.1, 0.15) is 6.42 Å². The molecule has 0 spiro atoms. The number of hydrogen-bond acceptors (Lipinski definition) is 2. The third-order valence-electron chi connectivity index (χ3n) is 2.46. The molecule has 18 heavy (non-hydrogen) atoms. The summed E-state index contributed by atoms with van der Waals surface area (Å²) in [6, 6.07) is 7.08. The Morgan fingerprint density at radius 2 is 1.72 bits per heavy atom. The monoisotopic (exact) mass is 260 g/mol. The number of benzene rings is 1. The van der Waals surface area contributed by atoms with Crippen molar-refractivity contribution in [2.24, 2.45) is 5.73 Å². The van der Waals surface area contributed by atoms with Gasteiger partial charge in [0.25, 0.3) is 0 Å². The summed E-state index contributed by atoms with van der Waals surface area (Å²) in [5.41, 5.74) is 7.13. The summed E-state index contributed by atoms with van der Waals surface area (Å²) < 4.78 is 36.1. The molecule has 6 heteroatoms. The Morgan fingerprint density at radius 3 is 2.17 bits per heavy atom. The van der Waals surface area contributed by atoms with E-state index in [9.17, 15) is 18.0 Å². The molecule has 2 N–H and O–H groups in total. The standard InChI is InChI=1S/C12H15F3N2O/c1-17(11(18)6-12(13,14)15)8-10-4-2-9(7-16)3-5-10/h2-5H,6-8,16H2,1H3. The van der Waals surface area contributed by atoms with Crippen LogP contribution in [0.15, 0.2) is 24.3 Å². The second kappa shape index (κ2) is 5.86. The lowest BCUT2D eigenvalue weighted by Gasteiger charge is -2.18. The summed E-state index contributed by atoms with van der Waals surface area (Å²) in [7, 11) is 1.35. The van der Waals surface area contributed by atoms with E-state index in [0.717, 1.165) is 16.0 Å². The quantitative estimate of drug-likeness (QED) is 0.900. The van der Waals surface area contributed by atoms with E-state index in [1.807, 2.05) is 0 Å². The summed E-state index contributed by atoms with van der Waals surface area (Å²) >= 11 is 0. The van der Waals surface area contributed by atoms with E-state index in [-0.39, 0.29) is 6.54 Å². The molecule has 0 bridgehead atoms. The Bertz CT molecular complexity index is 401. The molecular weight excluding hydrogens is 245 g/mol. The number of carbonyl (C=O) groups is 1. The van der Waals surface area contributed by atoms with E-state index in [4.69, 9.17) is 5.73 Å². The summed E-state index contributed by atoms with van der Waals surface area (Å²) in [6.07, 6.45) is -5.89. The van der Waals surface area contributed by atoms with Crippen LogP contribution in [0.3, 0.4) is 0 Å². The van der Waals surface area contributed by atoms with Crippen LogP contribution in [0.1, 0.15) is 17.5 Å². The van der Waals surface area contributed by atoms with Crippen LogP contribution in [0.5, 0.6) is 0 Å². The minimum Gasteiger partial charge on any atom is -0.341 e. The first-order chi connectivity index (χ1) is 8.31. The molecule has 0 heterocycles. The molecule has 0 aromatic heterocycles. The van der Waals surface area contributed by atoms with Gasteiger partial charge in [-0.1, -0.05) is 24.3 Å². The molecular formula is C12H15F3N2O. The predicted molar refractivity (Wildman–Crippen MR) is 61.5 cm³/mol. The van der Waals surface area contributed by atoms with Crippen molar-refractivity contribution in [1.29, 1.82) is 0 Å². The van der Waals surface area contributed by atoms with Crippen LogP contribution in [-0.2, 0) is 17.9 Å². The number of amides is 1. The summed E-state index contributed by atoms with van der Waals surface area (Å²) in [4.78, 5) is 12.3. The number of alkyl halides is 3. The van der Waals surface area contributed by atoms with Crippen molar-refractivity contribution in [1.82, 2.24) is 4.90 Å². The molecule has 0 atom stereocenters. The van der Waals surface area contributed by atoms with Crippen LogP contribution in [-0.4, -0.2) is 24.0 Å². The zero-order valence-electron chi connectivity index (χ0n) is 10.00. The minimum atomic E-state index is -4.46. The van der Waals surface area contributed by atoms with Gasteiger partial charge in [0.15, 0.2) is 0 Å². The average molecular weight is 260 g/mol. The van der Waals surface area contributed by atoms with Gasteiger partial charge in [-0.2, -0.15) is 13.2 Å². The maximum atomic E-state index is 12.0. The van der Waals surface area contributed by atoms with E-state index < -0.39 is 18.5 Å². The SMILES string of the molecule is CN(Cc1ccc(CN)cc1)C(=O)CC(F)(F)F. The molecule has 0 aliphatic heterocycles. The fourth-order valence-electron chi connectivity index (χ4n) is 1.45. The fraction of sp³-hybridized carbons (Fsp3) is 0.417. The highest BCUT2D eigenvalue weighted by atomic mass is 19.4. The average Bonchev–Trinajstić information content (AvgIpc) is 2.27. The van der Waals surface area contributed by atoms with Crippen LogP contribution in [0.2, 0.25) is 0 Å². The predicted octanol–water partition coefficient (Wildman–Crippen LogP) is 2.06. The second-order valence-corrected chi connectivity index (χ2v) is 4.06. The molecule has 0 aliphatic carbocycles. The molecule has 1 amide bonds. The van der Waals surface area contributed by atoms with Crippen LogP contribution in [0.25, 0.3) is 0 Å². The van der Waals surface area contributed by atoms with Crippen molar-refractivity contribution in [2.75, 3.05) is 7.05 Å². The van der Waals surface area contributed by atoms with Gasteiger partial charge in [-0.3, -0.25) is 4.79 Å². The van der Waals surface area contributed by atoms with Crippen molar-refractivity contribution in [3.8, 4) is 0 Å². The lowest BCUT2D eigenvalue weighted by Crippen LogP contribution is -2.30. The van der Waals surface area contributed by atoms with Gasteiger partial charge >= 0.3 is 6.18 Å². The second-order valence-electron chi connectivity index (χ2n) is 4.06. The lowest BCUT2D eigenvalue weighted by molar-refractivity contribution is -0.160. The lowest BCUT2D eigenvalue weighted by atomic mass is 10.1. The highest BCUT2D eigenvalue weighted by Gasteiger charge is 2.32. The van der Waals surface area contributed by atoms with E-state index in [2.05, 4.69) is 0 Å². The molecule has 1 aromatic rings. The first kappa shape index (κ1) is 14.5. The molecule has 1 aromatic carbocycles. The summed E-state index contributed by atoms with van der Waals surface area (Å²) in [5, 5.41) is 0.